The van der Waals surface area contributed by atoms with Crippen molar-refractivity contribution in [1.29, 1.82) is 0 Å². The van der Waals surface area contributed by atoms with Crippen molar-refractivity contribution >= 4 is 11.6 Å². The second kappa shape index (κ2) is 5.91. The Balaban J connectivity index is 2.69. The second-order valence-electron chi connectivity index (χ2n) is 6.05. The van der Waals surface area contributed by atoms with Gasteiger partial charge in [-0.05, 0) is 35.3 Å². The topological polar surface area (TPSA) is 0 Å². The van der Waals surface area contributed by atoms with Gasteiger partial charge in [0.05, 0.1) is 0 Å². The summed E-state index contributed by atoms with van der Waals surface area (Å²) in [5.41, 5.74) is 3.03. The molecule has 0 bridgehead atoms. The van der Waals surface area contributed by atoms with Crippen LogP contribution in [0, 0.1) is 5.92 Å². The predicted molar refractivity (Wildman–Crippen MR) is 77.9 cm³/mol. The number of halogens is 1. The number of rotatable bonds is 4. The fourth-order valence-electron chi connectivity index (χ4n) is 2.04. The normalized spacial score (nSPS) is 15.6. The van der Waals surface area contributed by atoms with E-state index in [1.54, 1.807) is 0 Å². The van der Waals surface area contributed by atoms with Crippen molar-refractivity contribution in [3.8, 4) is 0 Å². The lowest BCUT2D eigenvalue weighted by Crippen LogP contribution is -2.14. The molecule has 0 amide bonds. The number of hydrogen-bond donors (Lipinski definition) is 0. The first-order chi connectivity index (χ1) is 7.84. The number of hydrogen-bond acceptors (Lipinski definition) is 0. The van der Waals surface area contributed by atoms with Gasteiger partial charge in [0.25, 0.3) is 0 Å². The molecule has 0 nitrogen and oxygen atoms in total. The summed E-state index contributed by atoms with van der Waals surface area (Å²) < 4.78 is 0. The van der Waals surface area contributed by atoms with Crippen molar-refractivity contribution in [3.63, 3.8) is 0 Å². The Morgan fingerprint density at radius 2 is 1.65 bits per heavy atom. The monoisotopic (exact) mass is 252 g/mol. The highest BCUT2D eigenvalue weighted by Gasteiger charge is 2.15. The van der Waals surface area contributed by atoms with E-state index in [9.17, 15) is 0 Å². The van der Waals surface area contributed by atoms with E-state index in [1.165, 1.54) is 11.1 Å². The van der Waals surface area contributed by atoms with Crippen LogP contribution in [0.5, 0.6) is 0 Å². The molecule has 0 saturated carbocycles. The van der Waals surface area contributed by atoms with E-state index < -0.39 is 0 Å². The smallest absolute Gasteiger partial charge is 0.0362 e. The van der Waals surface area contributed by atoms with Crippen LogP contribution in [0.25, 0.3) is 0 Å². The molecule has 1 heteroatoms. The second-order valence-corrected chi connectivity index (χ2v) is 6.61. The van der Waals surface area contributed by atoms with Crippen LogP contribution >= 0.6 is 11.6 Å². The van der Waals surface area contributed by atoms with E-state index >= 15 is 0 Å². The predicted octanol–water partition coefficient (Wildman–Crippen LogP) is 5.18. The van der Waals surface area contributed by atoms with E-state index in [0.717, 1.165) is 12.8 Å². The summed E-state index contributed by atoms with van der Waals surface area (Å²) in [5.74, 6) is 0.544. The Morgan fingerprint density at radius 1 is 1.12 bits per heavy atom. The number of alkyl halides is 1. The molecule has 1 aromatic rings. The van der Waals surface area contributed by atoms with Gasteiger partial charge in [0, 0.05) is 5.38 Å². The maximum Gasteiger partial charge on any atom is 0.0362 e. The molecule has 0 aliphatic rings. The van der Waals surface area contributed by atoms with Gasteiger partial charge in [-0.1, -0.05) is 58.9 Å². The minimum absolute atomic E-state index is 0.239. The summed E-state index contributed by atoms with van der Waals surface area (Å²) in [6, 6.07) is 8.99. The zero-order valence-corrected chi connectivity index (χ0v) is 12.5. The third-order valence-corrected chi connectivity index (χ3v) is 4.12. The summed E-state index contributed by atoms with van der Waals surface area (Å²) in [4.78, 5) is 0. The maximum atomic E-state index is 6.27. The average molecular weight is 253 g/mol. The molecule has 0 aromatic heterocycles. The molecule has 2 atom stereocenters. The summed E-state index contributed by atoms with van der Waals surface area (Å²) in [6.07, 6.45) is 2.12. The van der Waals surface area contributed by atoms with Gasteiger partial charge in [-0.15, -0.1) is 11.6 Å². The molecule has 0 spiro atoms. The standard InChI is InChI=1S/C16H25Cl/c1-6-15(17)12(2)11-13-7-9-14(10-8-13)16(3,4)5/h7-10,12,15H,6,11H2,1-5H3. The third kappa shape index (κ3) is 4.35. The Kier molecular flexibility index (Phi) is 5.06. The van der Waals surface area contributed by atoms with Crippen LogP contribution in [0.3, 0.4) is 0 Å². The molecular weight excluding hydrogens is 228 g/mol. The lowest BCUT2D eigenvalue weighted by molar-refractivity contribution is 0.530. The van der Waals surface area contributed by atoms with Crippen LogP contribution < -0.4 is 0 Å². The molecular formula is C16H25Cl. The van der Waals surface area contributed by atoms with Crippen molar-refractivity contribution in [2.24, 2.45) is 5.92 Å². The SMILES string of the molecule is CCC(Cl)C(C)Cc1ccc(C(C)(C)C)cc1. The molecule has 0 heterocycles. The highest BCUT2D eigenvalue weighted by Crippen LogP contribution is 2.24. The maximum absolute atomic E-state index is 6.27. The lowest BCUT2D eigenvalue weighted by Gasteiger charge is -2.20. The molecule has 0 N–H and O–H groups in total. The first kappa shape index (κ1) is 14.6. The van der Waals surface area contributed by atoms with Gasteiger partial charge in [-0.25, -0.2) is 0 Å². The molecule has 17 heavy (non-hydrogen) atoms. The van der Waals surface area contributed by atoms with Crippen molar-refractivity contribution < 1.29 is 0 Å². The van der Waals surface area contributed by atoms with Gasteiger partial charge in [-0.3, -0.25) is 0 Å². The Morgan fingerprint density at radius 3 is 2.06 bits per heavy atom. The van der Waals surface area contributed by atoms with Crippen molar-refractivity contribution in [1.82, 2.24) is 0 Å². The minimum Gasteiger partial charge on any atom is -0.123 e. The van der Waals surface area contributed by atoms with Crippen LogP contribution in [0.4, 0.5) is 0 Å². The first-order valence-corrected chi connectivity index (χ1v) is 7.01. The fourth-order valence-corrected chi connectivity index (χ4v) is 2.13. The summed E-state index contributed by atoms with van der Waals surface area (Å²) >= 11 is 6.27. The van der Waals surface area contributed by atoms with Gasteiger partial charge in [0.1, 0.15) is 0 Å². The molecule has 0 saturated heterocycles. The highest BCUT2D eigenvalue weighted by atomic mass is 35.5. The molecule has 0 radical (unpaired) electrons. The fraction of sp³-hybridized carbons (Fsp3) is 0.625. The molecule has 0 aliphatic carbocycles. The lowest BCUT2D eigenvalue weighted by atomic mass is 9.86. The first-order valence-electron chi connectivity index (χ1n) is 6.58. The summed E-state index contributed by atoms with van der Waals surface area (Å²) in [7, 11) is 0. The van der Waals surface area contributed by atoms with Gasteiger partial charge >= 0.3 is 0 Å². The molecule has 1 rings (SSSR count). The zero-order chi connectivity index (χ0) is 13.1. The van der Waals surface area contributed by atoms with Crippen LogP contribution in [-0.4, -0.2) is 5.38 Å². The van der Waals surface area contributed by atoms with Crippen molar-refractivity contribution in [3.05, 3.63) is 35.4 Å². The zero-order valence-electron chi connectivity index (χ0n) is 11.8. The van der Waals surface area contributed by atoms with E-state index in [2.05, 4.69) is 58.9 Å². The molecule has 96 valence electrons. The van der Waals surface area contributed by atoms with Crippen LogP contribution in [0.2, 0.25) is 0 Å². The highest BCUT2D eigenvalue weighted by molar-refractivity contribution is 6.20. The molecule has 0 aliphatic heterocycles. The van der Waals surface area contributed by atoms with E-state index in [1.807, 2.05) is 0 Å². The van der Waals surface area contributed by atoms with Gasteiger partial charge in [0.15, 0.2) is 0 Å². The van der Waals surface area contributed by atoms with Crippen molar-refractivity contribution in [2.45, 2.75) is 58.3 Å². The quantitative estimate of drug-likeness (QED) is 0.648. The minimum atomic E-state index is 0.239. The summed E-state index contributed by atoms with van der Waals surface area (Å²) in [6.45, 7) is 11.1. The molecule has 2 unspecified atom stereocenters. The van der Waals surface area contributed by atoms with Crippen LogP contribution in [0.15, 0.2) is 24.3 Å². The molecule has 0 fully saturated rings. The van der Waals surface area contributed by atoms with Gasteiger partial charge < -0.3 is 0 Å². The molecule has 1 aromatic carbocycles. The van der Waals surface area contributed by atoms with Crippen molar-refractivity contribution in [2.75, 3.05) is 0 Å². The largest absolute Gasteiger partial charge is 0.123 e. The van der Waals surface area contributed by atoms with Crippen LogP contribution in [0.1, 0.15) is 52.2 Å². The summed E-state index contributed by atoms with van der Waals surface area (Å²) in [5, 5.41) is 0.289. The number of benzene rings is 1. The van der Waals surface area contributed by atoms with Gasteiger partial charge in [-0.2, -0.15) is 0 Å². The third-order valence-electron chi connectivity index (χ3n) is 3.39. The Hall–Kier alpha value is -0.490. The van der Waals surface area contributed by atoms with E-state index in [0.29, 0.717) is 5.92 Å². The average Bonchev–Trinajstić information content (AvgIpc) is 2.27. The van der Waals surface area contributed by atoms with E-state index in [-0.39, 0.29) is 10.8 Å². The van der Waals surface area contributed by atoms with Gasteiger partial charge in [0.2, 0.25) is 0 Å². The van der Waals surface area contributed by atoms with E-state index in [4.69, 9.17) is 11.6 Å². The van der Waals surface area contributed by atoms with Crippen LogP contribution in [-0.2, 0) is 11.8 Å². The Labute approximate surface area is 111 Å². The Bertz CT molecular complexity index is 332.